The average molecular weight is 586 g/mol. The van der Waals surface area contributed by atoms with Crippen molar-refractivity contribution >= 4 is 16.0 Å². The smallest absolute Gasteiger partial charge is 0.303 e. The molecular formula is C32H43NO7S. The monoisotopic (exact) mass is 585 g/mol. The lowest BCUT2D eigenvalue weighted by molar-refractivity contribution is -0.151. The number of aliphatic hydroxyl groups excluding tert-OH is 1. The molecule has 0 aliphatic heterocycles. The fourth-order valence-corrected chi connectivity index (χ4v) is 7.73. The van der Waals surface area contributed by atoms with Crippen molar-refractivity contribution in [3.05, 3.63) is 71.3 Å². The first kappa shape index (κ1) is 31.1. The van der Waals surface area contributed by atoms with Crippen LogP contribution >= 0.6 is 0 Å². The second kappa shape index (κ2) is 13.4. The van der Waals surface area contributed by atoms with Crippen LogP contribution in [0.1, 0.15) is 51.2 Å². The fourth-order valence-electron chi connectivity index (χ4n) is 5.86. The van der Waals surface area contributed by atoms with Crippen LogP contribution in [0, 0.1) is 23.7 Å². The Kier molecular flexibility index (Phi) is 10.2. The Bertz CT molecular complexity index is 1260. The summed E-state index contributed by atoms with van der Waals surface area (Å²) in [5.74, 6) is 1.27. The molecule has 4 rings (SSSR count). The van der Waals surface area contributed by atoms with Crippen LogP contribution in [-0.4, -0.2) is 56.0 Å². The second-order valence-corrected chi connectivity index (χ2v) is 13.7. The van der Waals surface area contributed by atoms with Crippen LogP contribution in [0.4, 0.5) is 0 Å². The van der Waals surface area contributed by atoms with Crippen LogP contribution in [0.3, 0.4) is 0 Å². The molecular weight excluding hydrogens is 542 g/mol. The molecule has 2 aromatic rings. The maximum Gasteiger partial charge on any atom is 0.303 e. The number of benzene rings is 2. The molecule has 2 aliphatic rings. The molecule has 1 fully saturated rings. The molecule has 0 heterocycles. The Labute approximate surface area is 244 Å². The third-order valence-electron chi connectivity index (χ3n) is 8.94. The number of carbonyl (C=O) groups is 1. The lowest BCUT2D eigenvalue weighted by Crippen LogP contribution is -2.45. The molecule has 2 aliphatic carbocycles. The number of carbonyl (C=O) groups excluding carboxylic acids is 1. The van der Waals surface area contributed by atoms with Crippen molar-refractivity contribution in [2.45, 2.75) is 64.5 Å². The van der Waals surface area contributed by atoms with E-state index in [4.69, 9.17) is 14.2 Å². The molecule has 0 bridgehead atoms. The van der Waals surface area contributed by atoms with Gasteiger partial charge in [0.25, 0.3) is 0 Å². The predicted molar refractivity (Wildman–Crippen MR) is 158 cm³/mol. The molecule has 2 aromatic carbocycles. The number of nitrogens with zero attached hydrogens (tertiary/aromatic N) is 1. The zero-order chi connectivity index (χ0) is 29.7. The average Bonchev–Trinajstić information content (AvgIpc) is 2.91. The number of methoxy groups -OCH3 is 2. The van der Waals surface area contributed by atoms with Crippen LogP contribution < -0.4 is 9.47 Å². The van der Waals surface area contributed by atoms with E-state index < -0.39 is 15.3 Å². The first-order chi connectivity index (χ1) is 19.6. The molecule has 1 unspecified atom stereocenters. The molecule has 41 heavy (non-hydrogen) atoms. The van der Waals surface area contributed by atoms with Gasteiger partial charge in [-0.25, -0.2) is 8.42 Å². The Balaban J connectivity index is 1.52. The Morgan fingerprint density at radius 2 is 1.46 bits per heavy atom. The minimum absolute atomic E-state index is 0.0595. The normalized spacial score (nSPS) is 22.5. The van der Waals surface area contributed by atoms with Gasteiger partial charge in [0.15, 0.2) is 0 Å². The maximum atomic E-state index is 14.1. The van der Waals surface area contributed by atoms with Crippen molar-refractivity contribution < 1.29 is 32.5 Å². The number of rotatable bonds is 14. The molecule has 224 valence electrons. The number of ether oxygens (including phenoxy) is 3. The van der Waals surface area contributed by atoms with Crippen LogP contribution in [0.5, 0.6) is 11.5 Å². The third-order valence-corrected chi connectivity index (χ3v) is 11.3. The molecule has 1 saturated carbocycles. The molecule has 0 aromatic heterocycles. The van der Waals surface area contributed by atoms with Gasteiger partial charge in [-0.15, -0.1) is 0 Å². The van der Waals surface area contributed by atoms with Crippen LogP contribution in [-0.2, 0) is 32.6 Å². The van der Waals surface area contributed by atoms with Crippen molar-refractivity contribution in [1.82, 2.24) is 4.31 Å². The molecule has 1 N–H and O–H groups in total. The van der Waals surface area contributed by atoms with E-state index >= 15 is 0 Å². The van der Waals surface area contributed by atoms with E-state index in [0.29, 0.717) is 17.9 Å². The van der Waals surface area contributed by atoms with Crippen molar-refractivity contribution in [3.63, 3.8) is 0 Å². The highest BCUT2D eigenvalue weighted by molar-refractivity contribution is 7.89. The number of esters is 1. The van der Waals surface area contributed by atoms with Crippen molar-refractivity contribution in [2.75, 3.05) is 20.8 Å². The van der Waals surface area contributed by atoms with E-state index in [2.05, 4.69) is 6.08 Å². The van der Waals surface area contributed by atoms with E-state index in [1.54, 1.807) is 25.4 Å². The first-order valence-electron chi connectivity index (χ1n) is 14.3. The Morgan fingerprint density at radius 1 is 0.951 bits per heavy atom. The lowest BCUT2D eigenvalue weighted by Gasteiger charge is -2.45. The number of aliphatic hydroxyl groups is 1. The summed E-state index contributed by atoms with van der Waals surface area (Å²) < 4.78 is 46.1. The molecule has 8 nitrogen and oxygen atoms in total. The van der Waals surface area contributed by atoms with Crippen molar-refractivity contribution in [2.24, 2.45) is 23.7 Å². The molecule has 0 spiro atoms. The zero-order valence-electron chi connectivity index (χ0n) is 24.7. The fraction of sp³-hybridized carbons (Fsp3) is 0.531. The summed E-state index contributed by atoms with van der Waals surface area (Å²) in [7, 11) is -0.502. The van der Waals surface area contributed by atoms with E-state index in [0.717, 1.165) is 29.5 Å². The van der Waals surface area contributed by atoms with Gasteiger partial charge >= 0.3 is 5.97 Å². The first-order valence-corrected chi connectivity index (χ1v) is 15.8. The van der Waals surface area contributed by atoms with Crippen LogP contribution in [0.25, 0.3) is 0 Å². The topological polar surface area (TPSA) is 102 Å². The second-order valence-electron chi connectivity index (χ2n) is 11.4. The van der Waals surface area contributed by atoms with Crippen LogP contribution in [0.15, 0.2) is 60.2 Å². The summed E-state index contributed by atoms with van der Waals surface area (Å²) in [5, 5.41) is 9.05. The summed E-state index contributed by atoms with van der Waals surface area (Å²) in [6, 6.07) is 14.9. The molecule has 0 radical (unpaired) electrons. The number of hydrogen-bond acceptors (Lipinski definition) is 7. The van der Waals surface area contributed by atoms with Gasteiger partial charge in [-0.2, -0.15) is 4.31 Å². The van der Waals surface area contributed by atoms with Gasteiger partial charge in [-0.05, 0) is 84.9 Å². The minimum Gasteiger partial charge on any atom is -0.497 e. The Hall–Kier alpha value is -2.88. The number of allylic oxidation sites excluding steroid dienone is 1. The lowest BCUT2D eigenvalue weighted by atomic mass is 9.65. The molecule has 6 atom stereocenters. The van der Waals surface area contributed by atoms with Gasteiger partial charge in [-0.1, -0.05) is 37.3 Å². The van der Waals surface area contributed by atoms with Gasteiger partial charge < -0.3 is 19.3 Å². The largest absolute Gasteiger partial charge is 0.497 e. The summed E-state index contributed by atoms with van der Waals surface area (Å²) in [6.07, 6.45) is 4.28. The maximum absolute atomic E-state index is 14.1. The van der Waals surface area contributed by atoms with Crippen molar-refractivity contribution in [3.8, 4) is 11.5 Å². The molecule has 9 heteroatoms. The third kappa shape index (κ3) is 7.13. The summed E-state index contributed by atoms with van der Waals surface area (Å²) in [6.45, 7) is 5.74. The number of hydrogen-bond donors (Lipinski definition) is 1. The highest BCUT2D eigenvalue weighted by Crippen LogP contribution is 2.46. The predicted octanol–water partition coefficient (Wildman–Crippen LogP) is 4.96. The van der Waals surface area contributed by atoms with Gasteiger partial charge in [0, 0.05) is 32.5 Å². The van der Waals surface area contributed by atoms with E-state index in [-0.39, 0.29) is 55.4 Å². The molecule has 0 saturated heterocycles. The molecule has 0 amide bonds. The quantitative estimate of drug-likeness (QED) is 0.247. The summed E-state index contributed by atoms with van der Waals surface area (Å²) in [5.41, 5.74) is 2.78. The standard InChI is InChI=1S/C32H43NO7S/c1-21(27-16-28(17-27)32(40-23(3)35)31-15-10-26(31)20-34)22(2)41(36,37)33(18-24-6-11-29(38-4)12-7-24)19-25-8-13-30(39-5)14-9-25/h6-9,11-14,16,21-22,26-27,31-32,34H,10,15,17-20H2,1-5H3/t21-,22-,26+,27+,31-,32?/m1/s1. The van der Waals surface area contributed by atoms with Gasteiger partial charge in [0.2, 0.25) is 10.0 Å². The highest BCUT2D eigenvalue weighted by atomic mass is 32.2. The highest BCUT2D eigenvalue weighted by Gasteiger charge is 2.45. The summed E-state index contributed by atoms with van der Waals surface area (Å²) in [4.78, 5) is 11.8. The van der Waals surface area contributed by atoms with Gasteiger partial charge in [0.1, 0.15) is 17.6 Å². The minimum atomic E-state index is -3.71. The van der Waals surface area contributed by atoms with E-state index in [1.807, 2.05) is 55.5 Å². The van der Waals surface area contributed by atoms with E-state index in [9.17, 15) is 18.3 Å². The van der Waals surface area contributed by atoms with Crippen LogP contribution in [0.2, 0.25) is 0 Å². The Morgan fingerprint density at radius 3 is 1.85 bits per heavy atom. The number of sulfonamides is 1. The van der Waals surface area contributed by atoms with Gasteiger partial charge in [-0.3, -0.25) is 4.79 Å². The summed E-state index contributed by atoms with van der Waals surface area (Å²) >= 11 is 0. The SMILES string of the molecule is COc1ccc(CN(Cc2ccc(OC)cc2)S(=O)(=O)[C@H](C)[C@@H](C)[C@H]2C=C(C(OC(C)=O)[C@@H]3CC[C@H]3CO)C2)cc1. The van der Waals surface area contributed by atoms with Gasteiger partial charge in [0.05, 0.1) is 19.5 Å². The van der Waals surface area contributed by atoms with E-state index in [1.165, 1.54) is 6.92 Å². The zero-order valence-corrected chi connectivity index (χ0v) is 25.5. The van der Waals surface area contributed by atoms with Crippen molar-refractivity contribution in [1.29, 1.82) is 0 Å².